The van der Waals surface area contributed by atoms with Gasteiger partial charge in [0.15, 0.2) is 0 Å². The van der Waals surface area contributed by atoms with E-state index < -0.39 is 0 Å². The van der Waals surface area contributed by atoms with Crippen molar-refractivity contribution in [1.29, 1.82) is 0 Å². The lowest BCUT2D eigenvalue weighted by atomic mass is 9.98. The molecule has 1 aromatic carbocycles. The molecule has 4 heteroatoms. The minimum absolute atomic E-state index is 0.0679. The molecule has 0 bridgehead atoms. The Morgan fingerprint density at radius 1 is 1.39 bits per heavy atom. The molecular formula is C14H21N3O. The average molecular weight is 247 g/mol. The molecule has 1 amide bonds. The lowest BCUT2D eigenvalue weighted by Gasteiger charge is -2.33. The second-order valence-corrected chi connectivity index (χ2v) is 5.02. The zero-order chi connectivity index (χ0) is 13.1. The molecule has 0 spiro atoms. The third-order valence-electron chi connectivity index (χ3n) is 3.64. The normalized spacial score (nSPS) is 16.7. The second kappa shape index (κ2) is 5.29. The fourth-order valence-corrected chi connectivity index (χ4v) is 2.35. The highest BCUT2D eigenvalue weighted by atomic mass is 16.1. The number of carbonyl (C=O) groups is 1. The summed E-state index contributed by atoms with van der Waals surface area (Å²) in [6.45, 7) is 4.31. The third-order valence-corrected chi connectivity index (χ3v) is 3.64. The first-order chi connectivity index (χ1) is 8.61. The number of amides is 1. The number of carbonyl (C=O) groups excluding carboxylic acids is 1. The Morgan fingerprint density at radius 3 is 2.67 bits per heavy atom. The fraction of sp³-hybridized carbons (Fsp3) is 0.500. The van der Waals surface area contributed by atoms with Crippen molar-refractivity contribution in [2.45, 2.75) is 19.8 Å². The Kier molecular flexibility index (Phi) is 3.75. The van der Waals surface area contributed by atoms with Gasteiger partial charge in [-0.05, 0) is 37.0 Å². The highest BCUT2D eigenvalue weighted by Gasteiger charge is 2.18. The molecule has 98 valence electrons. The maximum Gasteiger partial charge on any atom is 0.251 e. The molecule has 0 radical (unpaired) electrons. The summed E-state index contributed by atoms with van der Waals surface area (Å²) >= 11 is 0. The van der Waals surface area contributed by atoms with Crippen LogP contribution in [-0.2, 0) is 0 Å². The highest BCUT2D eigenvalue weighted by molar-refractivity contribution is 5.96. The summed E-state index contributed by atoms with van der Waals surface area (Å²) in [4.78, 5) is 13.9. The lowest BCUT2D eigenvalue weighted by Crippen LogP contribution is -2.33. The number of nitrogens with one attached hydrogen (secondary N) is 1. The summed E-state index contributed by atoms with van der Waals surface area (Å²) in [5, 5.41) is 2.64. The second-order valence-electron chi connectivity index (χ2n) is 5.02. The summed E-state index contributed by atoms with van der Waals surface area (Å²) in [5.74, 6) is 0.714. The van der Waals surface area contributed by atoms with E-state index in [1.807, 2.05) is 12.1 Å². The van der Waals surface area contributed by atoms with Gasteiger partial charge in [-0.2, -0.15) is 0 Å². The molecule has 1 fully saturated rings. The van der Waals surface area contributed by atoms with E-state index in [-0.39, 0.29) is 5.91 Å². The van der Waals surface area contributed by atoms with Crippen molar-refractivity contribution in [1.82, 2.24) is 5.32 Å². The summed E-state index contributed by atoms with van der Waals surface area (Å²) in [5.41, 5.74) is 8.43. The molecule has 0 saturated carbocycles. The molecule has 3 N–H and O–H groups in total. The van der Waals surface area contributed by atoms with E-state index in [9.17, 15) is 4.79 Å². The first kappa shape index (κ1) is 12.7. The minimum Gasteiger partial charge on any atom is -0.397 e. The number of nitrogens with zero attached hydrogens (tertiary/aromatic N) is 1. The third kappa shape index (κ3) is 2.58. The Labute approximate surface area is 108 Å². The van der Waals surface area contributed by atoms with Crippen LogP contribution in [0.4, 0.5) is 11.4 Å². The SMILES string of the molecule is CNC(=O)c1ccc(N)c(N2CCC(C)CC2)c1. The minimum atomic E-state index is -0.0679. The van der Waals surface area contributed by atoms with Gasteiger partial charge in [0, 0.05) is 25.7 Å². The first-order valence-electron chi connectivity index (χ1n) is 6.48. The number of anilines is 2. The van der Waals surface area contributed by atoms with Gasteiger partial charge in [0.2, 0.25) is 0 Å². The van der Waals surface area contributed by atoms with Crippen molar-refractivity contribution in [2.24, 2.45) is 5.92 Å². The molecule has 1 saturated heterocycles. The molecule has 1 heterocycles. The number of nitrogen functional groups attached to an aromatic ring is 1. The zero-order valence-corrected chi connectivity index (χ0v) is 11.1. The molecular weight excluding hydrogens is 226 g/mol. The van der Waals surface area contributed by atoms with E-state index >= 15 is 0 Å². The van der Waals surface area contributed by atoms with Gasteiger partial charge < -0.3 is 16.0 Å². The van der Waals surface area contributed by atoms with Gasteiger partial charge in [0.25, 0.3) is 5.91 Å². The molecule has 0 unspecified atom stereocenters. The van der Waals surface area contributed by atoms with Gasteiger partial charge in [-0.15, -0.1) is 0 Å². The van der Waals surface area contributed by atoms with Crippen LogP contribution in [0.5, 0.6) is 0 Å². The topological polar surface area (TPSA) is 58.4 Å². The van der Waals surface area contributed by atoms with E-state index in [1.165, 1.54) is 12.8 Å². The van der Waals surface area contributed by atoms with Crippen molar-refractivity contribution < 1.29 is 4.79 Å². The molecule has 1 aliphatic heterocycles. The molecule has 0 aliphatic carbocycles. The fourth-order valence-electron chi connectivity index (χ4n) is 2.35. The highest BCUT2D eigenvalue weighted by Crippen LogP contribution is 2.28. The largest absolute Gasteiger partial charge is 0.397 e. The molecule has 4 nitrogen and oxygen atoms in total. The Hall–Kier alpha value is -1.71. The van der Waals surface area contributed by atoms with E-state index in [0.29, 0.717) is 5.56 Å². The lowest BCUT2D eigenvalue weighted by molar-refractivity contribution is 0.0963. The maximum atomic E-state index is 11.6. The number of hydrogen-bond acceptors (Lipinski definition) is 3. The van der Waals surface area contributed by atoms with Crippen molar-refractivity contribution in [3.8, 4) is 0 Å². The van der Waals surface area contributed by atoms with Gasteiger partial charge in [0.1, 0.15) is 0 Å². The van der Waals surface area contributed by atoms with Gasteiger partial charge in [0.05, 0.1) is 11.4 Å². The molecule has 1 aliphatic rings. The number of rotatable bonds is 2. The van der Waals surface area contributed by atoms with Gasteiger partial charge in [-0.1, -0.05) is 6.92 Å². The van der Waals surface area contributed by atoms with Crippen molar-refractivity contribution >= 4 is 17.3 Å². The zero-order valence-electron chi connectivity index (χ0n) is 11.1. The van der Waals surface area contributed by atoms with Crippen molar-refractivity contribution in [3.05, 3.63) is 23.8 Å². The molecule has 0 aromatic heterocycles. The molecule has 1 aromatic rings. The molecule has 18 heavy (non-hydrogen) atoms. The van der Waals surface area contributed by atoms with E-state index in [0.717, 1.165) is 30.4 Å². The van der Waals surface area contributed by atoms with Crippen molar-refractivity contribution in [2.75, 3.05) is 30.8 Å². The van der Waals surface area contributed by atoms with Gasteiger partial charge in [-0.3, -0.25) is 4.79 Å². The monoisotopic (exact) mass is 247 g/mol. The quantitative estimate of drug-likeness (QED) is 0.784. The van der Waals surface area contributed by atoms with Crippen LogP contribution in [0.1, 0.15) is 30.1 Å². The van der Waals surface area contributed by atoms with E-state index in [4.69, 9.17) is 5.73 Å². The van der Waals surface area contributed by atoms with E-state index in [2.05, 4.69) is 17.1 Å². The number of nitrogens with two attached hydrogens (primary N) is 1. The van der Waals surface area contributed by atoms with E-state index in [1.54, 1.807) is 13.1 Å². The van der Waals surface area contributed by atoms with Crippen LogP contribution in [0.25, 0.3) is 0 Å². The number of piperidine rings is 1. The smallest absolute Gasteiger partial charge is 0.251 e. The van der Waals surface area contributed by atoms with Crippen LogP contribution >= 0.6 is 0 Å². The standard InChI is InChI=1S/C14H21N3O/c1-10-5-7-17(8-6-10)13-9-11(14(18)16-2)3-4-12(13)15/h3-4,9-10H,5-8,15H2,1-2H3,(H,16,18). The van der Waals surface area contributed by atoms with Gasteiger partial charge in [-0.25, -0.2) is 0 Å². The summed E-state index contributed by atoms with van der Waals surface area (Å²) in [6, 6.07) is 5.48. The predicted molar refractivity (Wildman–Crippen MR) is 74.9 cm³/mol. The van der Waals surface area contributed by atoms with Crippen LogP contribution in [0, 0.1) is 5.92 Å². The Morgan fingerprint density at radius 2 is 2.06 bits per heavy atom. The predicted octanol–water partition coefficient (Wildman–Crippen LogP) is 1.86. The summed E-state index contributed by atoms with van der Waals surface area (Å²) in [6.07, 6.45) is 2.37. The van der Waals surface area contributed by atoms with Gasteiger partial charge >= 0.3 is 0 Å². The number of hydrogen-bond donors (Lipinski definition) is 2. The summed E-state index contributed by atoms with van der Waals surface area (Å²) < 4.78 is 0. The number of benzene rings is 1. The average Bonchev–Trinajstić information content (AvgIpc) is 2.39. The van der Waals surface area contributed by atoms with Crippen LogP contribution in [-0.4, -0.2) is 26.0 Å². The van der Waals surface area contributed by atoms with Crippen LogP contribution < -0.4 is 16.0 Å². The van der Waals surface area contributed by atoms with Crippen LogP contribution in [0.3, 0.4) is 0 Å². The van der Waals surface area contributed by atoms with Crippen LogP contribution in [0.15, 0.2) is 18.2 Å². The Balaban J connectivity index is 2.23. The van der Waals surface area contributed by atoms with Crippen molar-refractivity contribution in [3.63, 3.8) is 0 Å². The van der Waals surface area contributed by atoms with Crippen LogP contribution in [0.2, 0.25) is 0 Å². The molecule has 2 rings (SSSR count). The first-order valence-corrected chi connectivity index (χ1v) is 6.48. The summed E-state index contributed by atoms with van der Waals surface area (Å²) in [7, 11) is 1.64. The molecule has 0 atom stereocenters. The Bertz CT molecular complexity index is 437. The maximum absolute atomic E-state index is 11.6.